The van der Waals surface area contributed by atoms with Crippen molar-refractivity contribution in [3.8, 4) is 6.07 Å². The first-order chi connectivity index (χ1) is 8.74. The van der Waals surface area contributed by atoms with Crippen molar-refractivity contribution in [2.45, 2.75) is 19.3 Å². The van der Waals surface area contributed by atoms with Crippen LogP contribution >= 0.6 is 0 Å². The molecule has 1 aromatic carbocycles. The molecule has 4 heteroatoms. The van der Waals surface area contributed by atoms with Gasteiger partial charge < -0.3 is 10.0 Å². The Hall–Kier alpha value is -1.86. The molecule has 0 heterocycles. The number of aliphatic hydroxyl groups is 1. The number of hydrogen-bond acceptors (Lipinski definition) is 3. The second-order valence-electron chi connectivity index (χ2n) is 3.97. The van der Waals surface area contributed by atoms with Gasteiger partial charge in [0, 0.05) is 19.7 Å². The second kappa shape index (κ2) is 7.46. The lowest BCUT2D eigenvalue weighted by Gasteiger charge is -2.23. The van der Waals surface area contributed by atoms with Crippen LogP contribution in [0.1, 0.15) is 24.8 Å². The number of aliphatic hydroxyl groups excluding tert-OH is 1. The van der Waals surface area contributed by atoms with E-state index in [-0.39, 0.29) is 12.5 Å². The molecule has 0 aromatic heterocycles. The van der Waals surface area contributed by atoms with E-state index in [0.29, 0.717) is 25.1 Å². The first kappa shape index (κ1) is 14.2. The fourth-order valence-electron chi connectivity index (χ4n) is 1.79. The molecular formula is C14H18N2O2. The summed E-state index contributed by atoms with van der Waals surface area (Å²) in [6.07, 6.45) is 0.534. The van der Waals surface area contributed by atoms with Crippen LogP contribution in [0, 0.1) is 11.3 Å². The smallest absolute Gasteiger partial charge is 0.244 e. The molecule has 1 rings (SSSR count). The molecule has 1 atom stereocenters. The SMILES string of the molecule is CCN(CCCO)C(=O)C(C#N)c1ccccc1. The normalized spacial score (nSPS) is 11.6. The molecule has 0 radical (unpaired) electrons. The molecule has 1 N–H and O–H groups in total. The predicted molar refractivity (Wildman–Crippen MR) is 68.8 cm³/mol. The summed E-state index contributed by atoms with van der Waals surface area (Å²) >= 11 is 0. The lowest BCUT2D eigenvalue weighted by molar-refractivity contribution is -0.131. The summed E-state index contributed by atoms with van der Waals surface area (Å²) in [6.45, 7) is 2.95. The van der Waals surface area contributed by atoms with E-state index in [1.807, 2.05) is 25.1 Å². The first-order valence-corrected chi connectivity index (χ1v) is 6.08. The molecule has 1 unspecified atom stereocenters. The number of nitriles is 1. The Morgan fingerprint density at radius 3 is 2.61 bits per heavy atom. The minimum atomic E-state index is -0.759. The van der Waals surface area contributed by atoms with Crippen LogP contribution in [0.4, 0.5) is 0 Å². The van der Waals surface area contributed by atoms with Crippen molar-refractivity contribution in [3.63, 3.8) is 0 Å². The topological polar surface area (TPSA) is 64.3 Å². The maximum absolute atomic E-state index is 12.2. The van der Waals surface area contributed by atoms with E-state index in [1.165, 1.54) is 0 Å². The number of nitrogens with zero attached hydrogens (tertiary/aromatic N) is 2. The van der Waals surface area contributed by atoms with Crippen molar-refractivity contribution in [2.24, 2.45) is 0 Å². The van der Waals surface area contributed by atoms with Gasteiger partial charge in [0.05, 0.1) is 6.07 Å². The van der Waals surface area contributed by atoms with Crippen LogP contribution < -0.4 is 0 Å². The van der Waals surface area contributed by atoms with Gasteiger partial charge in [-0.05, 0) is 18.9 Å². The van der Waals surface area contributed by atoms with Gasteiger partial charge in [0.2, 0.25) is 5.91 Å². The average molecular weight is 246 g/mol. The van der Waals surface area contributed by atoms with Crippen LogP contribution in [0.3, 0.4) is 0 Å². The van der Waals surface area contributed by atoms with Crippen LogP contribution in [0.2, 0.25) is 0 Å². The van der Waals surface area contributed by atoms with E-state index in [2.05, 4.69) is 6.07 Å². The van der Waals surface area contributed by atoms with E-state index in [1.54, 1.807) is 17.0 Å². The third kappa shape index (κ3) is 3.57. The maximum Gasteiger partial charge on any atom is 0.244 e. The number of carbonyl (C=O) groups excluding carboxylic acids is 1. The molecule has 0 aliphatic carbocycles. The Morgan fingerprint density at radius 2 is 2.11 bits per heavy atom. The maximum atomic E-state index is 12.2. The van der Waals surface area contributed by atoms with Crippen LogP contribution in [0.5, 0.6) is 0 Å². The van der Waals surface area contributed by atoms with E-state index >= 15 is 0 Å². The van der Waals surface area contributed by atoms with Gasteiger partial charge in [-0.25, -0.2) is 0 Å². The Bertz CT molecular complexity index is 412. The molecule has 0 bridgehead atoms. The van der Waals surface area contributed by atoms with Crippen molar-refractivity contribution in [2.75, 3.05) is 19.7 Å². The Kier molecular flexibility index (Phi) is 5.89. The van der Waals surface area contributed by atoms with Gasteiger partial charge in [0.25, 0.3) is 0 Å². The fraction of sp³-hybridized carbons (Fsp3) is 0.429. The highest BCUT2D eigenvalue weighted by Gasteiger charge is 2.24. The third-order valence-corrected chi connectivity index (χ3v) is 2.79. The van der Waals surface area contributed by atoms with E-state index in [0.717, 1.165) is 0 Å². The van der Waals surface area contributed by atoms with Gasteiger partial charge in [-0.1, -0.05) is 30.3 Å². The molecule has 0 aliphatic heterocycles. The lowest BCUT2D eigenvalue weighted by Crippen LogP contribution is -2.35. The minimum absolute atomic E-state index is 0.0480. The van der Waals surface area contributed by atoms with Crippen molar-refractivity contribution in [1.82, 2.24) is 4.90 Å². The van der Waals surface area contributed by atoms with Gasteiger partial charge in [-0.2, -0.15) is 5.26 Å². The Balaban J connectivity index is 2.82. The predicted octanol–water partition coefficient (Wildman–Crippen LogP) is 1.52. The average Bonchev–Trinajstić information content (AvgIpc) is 2.42. The lowest BCUT2D eigenvalue weighted by atomic mass is 9.99. The monoisotopic (exact) mass is 246 g/mol. The van der Waals surface area contributed by atoms with Crippen LogP contribution in [0.25, 0.3) is 0 Å². The van der Waals surface area contributed by atoms with Gasteiger partial charge >= 0.3 is 0 Å². The van der Waals surface area contributed by atoms with E-state index < -0.39 is 5.92 Å². The van der Waals surface area contributed by atoms with Gasteiger partial charge in [0.1, 0.15) is 5.92 Å². The highest BCUT2D eigenvalue weighted by molar-refractivity contribution is 5.86. The zero-order chi connectivity index (χ0) is 13.4. The first-order valence-electron chi connectivity index (χ1n) is 6.08. The van der Waals surface area contributed by atoms with Gasteiger partial charge in [-0.3, -0.25) is 4.79 Å². The number of benzene rings is 1. The molecule has 0 aliphatic rings. The van der Waals surface area contributed by atoms with E-state index in [4.69, 9.17) is 5.11 Å². The number of carbonyl (C=O) groups is 1. The van der Waals surface area contributed by atoms with Gasteiger partial charge in [0.15, 0.2) is 0 Å². The summed E-state index contributed by atoms with van der Waals surface area (Å²) in [6, 6.07) is 11.1. The number of amides is 1. The summed E-state index contributed by atoms with van der Waals surface area (Å²) in [5.74, 6) is -0.954. The summed E-state index contributed by atoms with van der Waals surface area (Å²) in [4.78, 5) is 13.8. The third-order valence-electron chi connectivity index (χ3n) is 2.79. The molecule has 96 valence electrons. The van der Waals surface area contributed by atoms with Crippen molar-refractivity contribution in [3.05, 3.63) is 35.9 Å². The molecule has 0 fully saturated rings. The summed E-state index contributed by atoms with van der Waals surface area (Å²) in [5.41, 5.74) is 0.715. The molecule has 18 heavy (non-hydrogen) atoms. The minimum Gasteiger partial charge on any atom is -0.396 e. The summed E-state index contributed by atoms with van der Waals surface area (Å²) in [5, 5.41) is 18.0. The van der Waals surface area contributed by atoms with Gasteiger partial charge in [-0.15, -0.1) is 0 Å². The van der Waals surface area contributed by atoms with Crippen molar-refractivity contribution < 1.29 is 9.90 Å². The molecule has 0 saturated heterocycles. The molecule has 0 spiro atoms. The fourth-order valence-corrected chi connectivity index (χ4v) is 1.79. The zero-order valence-corrected chi connectivity index (χ0v) is 10.5. The second-order valence-corrected chi connectivity index (χ2v) is 3.97. The molecule has 0 saturated carbocycles. The van der Waals surface area contributed by atoms with E-state index in [9.17, 15) is 10.1 Å². The summed E-state index contributed by atoms with van der Waals surface area (Å²) < 4.78 is 0. The van der Waals surface area contributed by atoms with Crippen LogP contribution in [-0.4, -0.2) is 35.6 Å². The quantitative estimate of drug-likeness (QED) is 0.827. The standard InChI is InChI=1S/C14H18N2O2/c1-2-16(9-6-10-17)14(18)13(11-15)12-7-4-3-5-8-12/h3-5,7-8,13,17H,2,6,9-10H2,1H3. The highest BCUT2D eigenvalue weighted by Crippen LogP contribution is 2.17. The molecule has 1 amide bonds. The number of rotatable bonds is 6. The molecular weight excluding hydrogens is 228 g/mol. The number of hydrogen-bond donors (Lipinski definition) is 1. The highest BCUT2D eigenvalue weighted by atomic mass is 16.3. The zero-order valence-electron chi connectivity index (χ0n) is 10.5. The molecule has 1 aromatic rings. The van der Waals surface area contributed by atoms with Crippen LogP contribution in [-0.2, 0) is 4.79 Å². The van der Waals surface area contributed by atoms with Crippen molar-refractivity contribution in [1.29, 1.82) is 5.26 Å². The largest absolute Gasteiger partial charge is 0.396 e. The van der Waals surface area contributed by atoms with Crippen molar-refractivity contribution >= 4 is 5.91 Å². The summed E-state index contributed by atoms with van der Waals surface area (Å²) in [7, 11) is 0. The molecule has 4 nitrogen and oxygen atoms in total. The van der Waals surface area contributed by atoms with Crippen LogP contribution in [0.15, 0.2) is 30.3 Å². The Morgan fingerprint density at radius 1 is 1.44 bits per heavy atom. The Labute approximate surface area is 107 Å². The number of likely N-dealkylation sites (N-methyl/N-ethyl adjacent to an activating group) is 1.